The molecule has 0 spiro atoms. The van der Waals surface area contributed by atoms with Gasteiger partial charge in [0.15, 0.2) is 0 Å². The molecule has 0 amide bonds. The lowest BCUT2D eigenvalue weighted by molar-refractivity contribution is -0.130. The summed E-state index contributed by atoms with van der Waals surface area (Å²) in [7, 11) is 0. The van der Waals surface area contributed by atoms with E-state index in [9.17, 15) is 4.79 Å². The molecule has 0 aliphatic carbocycles. The van der Waals surface area contributed by atoms with Crippen LogP contribution >= 0.6 is 11.6 Å². The highest BCUT2D eigenvalue weighted by atomic mass is 35.5. The van der Waals surface area contributed by atoms with E-state index in [1.165, 1.54) is 0 Å². The number of hydrogen-bond acceptors (Lipinski definition) is 3. The van der Waals surface area contributed by atoms with Crippen molar-refractivity contribution in [3.05, 3.63) is 87.6 Å². The third-order valence-corrected chi connectivity index (χ3v) is 4.63. The summed E-state index contributed by atoms with van der Waals surface area (Å²) in [5.41, 5.74) is 5.13. The van der Waals surface area contributed by atoms with Crippen molar-refractivity contribution in [2.24, 2.45) is 0 Å². The molecule has 1 aromatic heterocycles. The predicted octanol–water partition coefficient (Wildman–Crippen LogP) is 5.49. The predicted molar refractivity (Wildman–Crippen MR) is 105 cm³/mol. The van der Waals surface area contributed by atoms with E-state index in [0.29, 0.717) is 22.0 Å². The molecule has 0 saturated carbocycles. The Hall–Kier alpha value is -2.91. The zero-order valence-electron chi connectivity index (χ0n) is 14.4. The van der Waals surface area contributed by atoms with Gasteiger partial charge in [-0.05, 0) is 44.2 Å². The van der Waals surface area contributed by atoms with Gasteiger partial charge in [-0.25, -0.2) is 9.78 Å². The summed E-state index contributed by atoms with van der Waals surface area (Å²) >= 11 is 6.31. The average molecular weight is 362 g/mol. The molecule has 0 radical (unpaired) electrons. The van der Waals surface area contributed by atoms with E-state index in [-0.39, 0.29) is 5.97 Å². The first kappa shape index (κ1) is 16.6. The van der Waals surface area contributed by atoms with Crippen molar-refractivity contribution >= 4 is 40.3 Å². The minimum atomic E-state index is -0.388. The summed E-state index contributed by atoms with van der Waals surface area (Å²) in [4.78, 5) is 16.7. The Balaban J connectivity index is 1.75. The van der Waals surface area contributed by atoms with E-state index in [2.05, 4.69) is 4.98 Å². The van der Waals surface area contributed by atoms with Crippen molar-refractivity contribution in [1.82, 2.24) is 4.98 Å². The Morgan fingerprint density at radius 3 is 2.50 bits per heavy atom. The minimum absolute atomic E-state index is 0.360. The van der Waals surface area contributed by atoms with Crippen molar-refractivity contribution in [1.29, 1.82) is 0 Å². The molecule has 0 fully saturated rings. The summed E-state index contributed by atoms with van der Waals surface area (Å²) < 4.78 is 5.41. The average Bonchev–Trinajstić information content (AvgIpc) is 2.97. The largest absolute Gasteiger partial charge is 0.422 e. The van der Waals surface area contributed by atoms with E-state index in [0.717, 1.165) is 27.6 Å². The lowest BCUT2D eigenvalue weighted by Gasteiger charge is -2.04. The number of nitrogens with zero attached hydrogens (tertiary/aromatic N) is 1. The van der Waals surface area contributed by atoms with Gasteiger partial charge < -0.3 is 4.74 Å². The first-order chi connectivity index (χ1) is 12.5. The maximum absolute atomic E-state index is 12.3. The summed E-state index contributed by atoms with van der Waals surface area (Å²) in [6.45, 7) is 4.04. The van der Waals surface area contributed by atoms with Crippen LogP contribution in [0.5, 0.6) is 0 Å². The molecule has 2 heterocycles. The van der Waals surface area contributed by atoms with Crippen LogP contribution in [0.25, 0.3) is 22.7 Å². The van der Waals surface area contributed by atoms with Crippen LogP contribution < -0.4 is 0 Å². The van der Waals surface area contributed by atoms with E-state index >= 15 is 0 Å². The van der Waals surface area contributed by atoms with E-state index < -0.39 is 0 Å². The second kappa shape index (κ2) is 6.43. The van der Waals surface area contributed by atoms with Crippen LogP contribution in [0, 0.1) is 13.8 Å². The van der Waals surface area contributed by atoms with Gasteiger partial charge in [0, 0.05) is 16.5 Å². The van der Waals surface area contributed by atoms with Crippen LogP contribution in [0.15, 0.2) is 60.2 Å². The number of pyridine rings is 1. The number of benzene rings is 2. The number of cyclic esters (lactones) is 1. The molecular formula is C22H16ClNO2. The Morgan fingerprint density at radius 1 is 1.00 bits per heavy atom. The molecular weight excluding hydrogens is 346 g/mol. The molecule has 0 atom stereocenters. The lowest BCUT2D eigenvalue weighted by Crippen LogP contribution is -1.97. The topological polar surface area (TPSA) is 39.2 Å². The van der Waals surface area contributed by atoms with Crippen LogP contribution in [0.3, 0.4) is 0 Å². The molecule has 0 unspecified atom stereocenters. The number of fused-ring (bicyclic) bond motifs is 1. The maximum atomic E-state index is 12.3. The third kappa shape index (κ3) is 3.14. The van der Waals surface area contributed by atoms with Gasteiger partial charge in [-0.1, -0.05) is 53.1 Å². The van der Waals surface area contributed by atoms with Gasteiger partial charge in [-0.2, -0.15) is 0 Å². The highest BCUT2D eigenvalue weighted by Crippen LogP contribution is 2.30. The normalized spacial score (nSPS) is 15.4. The Labute approximate surface area is 156 Å². The first-order valence-electron chi connectivity index (χ1n) is 8.29. The summed E-state index contributed by atoms with van der Waals surface area (Å²) in [5, 5.41) is 1.34. The van der Waals surface area contributed by atoms with Crippen LogP contribution in [-0.2, 0) is 9.53 Å². The van der Waals surface area contributed by atoms with Gasteiger partial charge >= 0.3 is 5.97 Å². The van der Waals surface area contributed by atoms with Crippen molar-refractivity contribution in [3.8, 4) is 0 Å². The van der Waals surface area contributed by atoms with Crippen molar-refractivity contribution in [2.75, 3.05) is 0 Å². The van der Waals surface area contributed by atoms with Crippen LogP contribution in [0.4, 0.5) is 0 Å². The molecule has 26 heavy (non-hydrogen) atoms. The summed E-state index contributed by atoms with van der Waals surface area (Å²) in [6.07, 6.45) is 3.46. The van der Waals surface area contributed by atoms with Gasteiger partial charge in [-0.15, -0.1) is 0 Å². The van der Waals surface area contributed by atoms with Crippen molar-refractivity contribution < 1.29 is 9.53 Å². The van der Waals surface area contributed by atoms with Gasteiger partial charge in [0.25, 0.3) is 0 Å². The summed E-state index contributed by atoms with van der Waals surface area (Å²) in [6, 6.07) is 15.8. The van der Waals surface area contributed by atoms with Crippen LogP contribution in [0.1, 0.15) is 22.3 Å². The SMILES string of the molecule is Cc1ccc(C2=C/C(=C/c3cc4cc(C)ccc4nc3Cl)C(=O)O2)cc1. The number of aryl methyl sites for hydroxylation is 2. The zero-order valence-corrected chi connectivity index (χ0v) is 15.2. The van der Waals surface area contributed by atoms with Gasteiger partial charge in [0.05, 0.1) is 11.1 Å². The number of hydrogen-bond donors (Lipinski definition) is 0. The van der Waals surface area contributed by atoms with Crippen molar-refractivity contribution in [2.45, 2.75) is 13.8 Å². The molecule has 4 heteroatoms. The number of aromatic nitrogens is 1. The highest BCUT2D eigenvalue weighted by Gasteiger charge is 2.22. The number of carbonyl (C=O) groups excluding carboxylic acids is 1. The fourth-order valence-electron chi connectivity index (χ4n) is 2.91. The zero-order chi connectivity index (χ0) is 18.3. The molecule has 2 aromatic carbocycles. The number of halogens is 1. The number of ether oxygens (including phenoxy) is 1. The molecule has 0 bridgehead atoms. The van der Waals surface area contributed by atoms with E-state index in [4.69, 9.17) is 16.3 Å². The number of carbonyl (C=O) groups is 1. The maximum Gasteiger partial charge on any atom is 0.343 e. The Morgan fingerprint density at radius 2 is 1.73 bits per heavy atom. The fourth-order valence-corrected chi connectivity index (χ4v) is 3.11. The number of esters is 1. The van der Waals surface area contributed by atoms with E-state index in [1.54, 1.807) is 12.2 Å². The fraction of sp³-hybridized carbons (Fsp3) is 0.0909. The highest BCUT2D eigenvalue weighted by molar-refractivity contribution is 6.31. The molecule has 1 aliphatic rings. The number of rotatable bonds is 2. The van der Waals surface area contributed by atoms with Crippen LogP contribution in [-0.4, -0.2) is 11.0 Å². The molecule has 128 valence electrons. The summed E-state index contributed by atoms with van der Waals surface area (Å²) in [5.74, 6) is 0.156. The van der Waals surface area contributed by atoms with Gasteiger partial charge in [0.2, 0.25) is 0 Å². The molecule has 0 N–H and O–H groups in total. The van der Waals surface area contributed by atoms with E-state index in [1.807, 2.05) is 62.4 Å². The van der Waals surface area contributed by atoms with Gasteiger partial charge in [0.1, 0.15) is 10.9 Å². The van der Waals surface area contributed by atoms with Gasteiger partial charge in [-0.3, -0.25) is 0 Å². The first-order valence-corrected chi connectivity index (χ1v) is 8.67. The van der Waals surface area contributed by atoms with Crippen LogP contribution in [0.2, 0.25) is 5.15 Å². The second-order valence-corrected chi connectivity index (χ2v) is 6.79. The quantitative estimate of drug-likeness (QED) is 0.344. The Kier molecular flexibility index (Phi) is 4.09. The molecule has 3 aromatic rings. The smallest absolute Gasteiger partial charge is 0.343 e. The second-order valence-electron chi connectivity index (χ2n) is 6.43. The standard InChI is InChI=1S/C22H16ClNO2/c1-13-3-6-15(7-4-13)20-12-18(22(25)26-20)11-17-10-16-9-14(2)5-8-19(16)24-21(17)23/h3-12H,1-2H3/b18-11-. The monoisotopic (exact) mass is 361 g/mol. The van der Waals surface area contributed by atoms with Crippen molar-refractivity contribution in [3.63, 3.8) is 0 Å². The Bertz CT molecular complexity index is 1100. The molecule has 3 nitrogen and oxygen atoms in total. The molecule has 0 saturated heterocycles. The molecule has 1 aliphatic heterocycles. The minimum Gasteiger partial charge on any atom is -0.422 e. The molecule has 4 rings (SSSR count). The third-order valence-electron chi connectivity index (χ3n) is 4.32. The lowest BCUT2D eigenvalue weighted by atomic mass is 10.1.